The molecule has 2 atom stereocenters. The van der Waals surface area contributed by atoms with E-state index in [1.165, 1.54) is 0 Å². The van der Waals surface area contributed by atoms with Crippen LogP contribution in [0.1, 0.15) is 29.0 Å². The number of carboxylic acids is 1. The van der Waals surface area contributed by atoms with E-state index >= 15 is 0 Å². The Morgan fingerprint density at radius 3 is 2.37 bits per heavy atom. The highest BCUT2D eigenvalue weighted by atomic mass is 79.9. The lowest BCUT2D eigenvalue weighted by atomic mass is 10.1. The normalized spacial score (nSPS) is 21.7. The average Bonchev–Trinajstić information content (AvgIpc) is 3.33. The van der Waals surface area contributed by atoms with Gasteiger partial charge in [-0.25, -0.2) is 8.42 Å². The Hall–Kier alpha value is -2.48. The summed E-state index contributed by atoms with van der Waals surface area (Å²) >= 11 is 3.47. The average molecular weight is 484 g/mol. The first kappa shape index (κ1) is 19.5. The molecule has 1 fully saturated rings. The molecule has 30 heavy (non-hydrogen) atoms. The van der Waals surface area contributed by atoms with Crippen LogP contribution in [0.15, 0.2) is 76.1 Å². The lowest BCUT2D eigenvalue weighted by Crippen LogP contribution is -2.44. The number of carboxylic acid groups (broad SMARTS) is 1. The van der Waals surface area contributed by atoms with Crippen molar-refractivity contribution in [2.45, 2.75) is 29.2 Å². The molecular weight excluding hydrogens is 466 g/mol. The van der Waals surface area contributed by atoms with Crippen molar-refractivity contribution < 1.29 is 18.3 Å². The van der Waals surface area contributed by atoms with Crippen molar-refractivity contribution in [3.63, 3.8) is 0 Å². The molecule has 0 radical (unpaired) electrons. The van der Waals surface area contributed by atoms with E-state index in [1.54, 1.807) is 18.2 Å². The van der Waals surface area contributed by atoms with E-state index in [0.29, 0.717) is 6.42 Å². The van der Waals surface area contributed by atoms with Gasteiger partial charge in [0.25, 0.3) is 0 Å². The van der Waals surface area contributed by atoms with Crippen molar-refractivity contribution in [2.24, 2.45) is 0 Å². The smallest absolute Gasteiger partial charge is 0.325 e. The molecular formula is C23H18BrNO4S. The first-order valence-electron chi connectivity index (χ1n) is 9.54. The molecule has 0 bridgehead atoms. The van der Waals surface area contributed by atoms with Gasteiger partial charge < -0.3 is 5.11 Å². The molecule has 0 heterocycles. The summed E-state index contributed by atoms with van der Waals surface area (Å²) in [6.07, 6.45) is 0.875. The fraction of sp³-hybridized carbons (Fsp3) is 0.174. The molecule has 5 rings (SSSR count). The van der Waals surface area contributed by atoms with Crippen LogP contribution in [-0.2, 0) is 21.2 Å². The van der Waals surface area contributed by atoms with E-state index in [9.17, 15) is 18.3 Å². The maximum absolute atomic E-state index is 13.1. The van der Waals surface area contributed by atoms with Crippen molar-refractivity contribution in [3.8, 4) is 11.1 Å². The van der Waals surface area contributed by atoms with Gasteiger partial charge in [0.1, 0.15) is 5.54 Å². The van der Waals surface area contributed by atoms with Crippen molar-refractivity contribution in [2.75, 3.05) is 0 Å². The van der Waals surface area contributed by atoms with Gasteiger partial charge in [0.15, 0.2) is 0 Å². The number of aliphatic carboxylic acids is 1. The number of hydrogen-bond donors (Lipinski definition) is 2. The number of rotatable bonds is 5. The summed E-state index contributed by atoms with van der Waals surface area (Å²) in [6, 6.07) is 20.2. The van der Waals surface area contributed by atoms with E-state index < -0.39 is 21.5 Å². The molecule has 0 spiro atoms. The Kier molecular flexibility index (Phi) is 4.39. The van der Waals surface area contributed by atoms with E-state index in [4.69, 9.17) is 0 Å². The highest BCUT2D eigenvalue weighted by Gasteiger charge is 2.63. The maximum atomic E-state index is 13.1. The molecule has 3 aromatic rings. The van der Waals surface area contributed by atoms with E-state index in [1.807, 2.05) is 48.5 Å². The minimum atomic E-state index is -4.00. The molecule has 152 valence electrons. The summed E-state index contributed by atoms with van der Waals surface area (Å²) in [5, 5.41) is 9.81. The van der Waals surface area contributed by atoms with Gasteiger partial charge in [0, 0.05) is 10.4 Å². The molecule has 0 amide bonds. The van der Waals surface area contributed by atoms with E-state index in [2.05, 4.69) is 20.7 Å². The third-order valence-electron chi connectivity index (χ3n) is 5.99. The quantitative estimate of drug-likeness (QED) is 0.442. The minimum Gasteiger partial charge on any atom is -0.480 e. The summed E-state index contributed by atoms with van der Waals surface area (Å²) in [5.74, 6) is -1.54. The fourth-order valence-corrected chi connectivity index (χ4v) is 6.23. The predicted molar refractivity (Wildman–Crippen MR) is 117 cm³/mol. The Morgan fingerprint density at radius 1 is 1.00 bits per heavy atom. The zero-order chi connectivity index (χ0) is 21.1. The number of benzene rings is 3. The lowest BCUT2D eigenvalue weighted by molar-refractivity contribution is -0.140. The Labute approximate surface area is 182 Å². The Balaban J connectivity index is 1.46. The number of sulfonamides is 1. The highest BCUT2D eigenvalue weighted by molar-refractivity contribution is 9.10. The molecule has 2 aliphatic rings. The summed E-state index contributed by atoms with van der Waals surface area (Å²) in [4.78, 5) is 12.1. The second kappa shape index (κ2) is 6.77. The van der Waals surface area contributed by atoms with Gasteiger partial charge in [-0.2, -0.15) is 4.72 Å². The van der Waals surface area contributed by atoms with Gasteiger partial charge in [-0.3, -0.25) is 4.79 Å². The fourth-order valence-electron chi connectivity index (χ4n) is 4.37. The summed E-state index contributed by atoms with van der Waals surface area (Å²) in [6.45, 7) is 0. The van der Waals surface area contributed by atoms with Gasteiger partial charge in [0.2, 0.25) is 10.0 Å². The van der Waals surface area contributed by atoms with Crippen LogP contribution in [0.3, 0.4) is 0 Å². The van der Waals surface area contributed by atoms with Crippen LogP contribution < -0.4 is 4.72 Å². The topological polar surface area (TPSA) is 83.5 Å². The zero-order valence-electron chi connectivity index (χ0n) is 15.8. The van der Waals surface area contributed by atoms with Crippen LogP contribution in [0.4, 0.5) is 0 Å². The first-order valence-corrected chi connectivity index (χ1v) is 11.8. The molecule has 2 aliphatic carbocycles. The molecule has 0 aliphatic heterocycles. The van der Waals surface area contributed by atoms with Crippen molar-refractivity contribution in [1.29, 1.82) is 0 Å². The summed E-state index contributed by atoms with van der Waals surface area (Å²) in [7, 11) is -4.00. The molecule has 3 aromatic carbocycles. The number of nitrogens with one attached hydrogen (secondary N) is 1. The first-order chi connectivity index (χ1) is 14.3. The number of halogens is 1. The molecule has 0 saturated heterocycles. The van der Waals surface area contributed by atoms with Crippen molar-refractivity contribution in [1.82, 2.24) is 4.72 Å². The van der Waals surface area contributed by atoms with Gasteiger partial charge in [-0.1, -0.05) is 58.4 Å². The standard InChI is InChI=1S/C23H18BrNO4S/c24-17-6-8-19-15(11-17)10-16-12-18(7-9-20(16)19)30(28,29)25-23(22(26)27)13-21(23)14-4-2-1-3-5-14/h1-9,11-12,21,25H,10,13H2,(H,26,27). The van der Waals surface area contributed by atoms with Crippen LogP contribution in [0.25, 0.3) is 11.1 Å². The predicted octanol–water partition coefficient (Wildman–Crippen LogP) is 4.31. The largest absolute Gasteiger partial charge is 0.480 e. The van der Waals surface area contributed by atoms with Crippen LogP contribution in [0, 0.1) is 0 Å². The molecule has 0 aromatic heterocycles. The van der Waals surface area contributed by atoms with Crippen molar-refractivity contribution >= 4 is 31.9 Å². The van der Waals surface area contributed by atoms with Gasteiger partial charge in [0.05, 0.1) is 4.90 Å². The molecule has 1 saturated carbocycles. The van der Waals surface area contributed by atoms with Gasteiger partial charge >= 0.3 is 5.97 Å². The van der Waals surface area contributed by atoms with Crippen LogP contribution in [0.5, 0.6) is 0 Å². The SMILES string of the molecule is O=C(O)C1(NS(=O)(=O)c2ccc3c(c2)Cc2cc(Br)ccc2-3)CC1c1ccccc1. The zero-order valence-corrected chi connectivity index (χ0v) is 18.2. The Bertz CT molecular complexity index is 1290. The van der Waals surface area contributed by atoms with Crippen LogP contribution in [0.2, 0.25) is 0 Å². The van der Waals surface area contributed by atoms with E-state index in [0.717, 1.165) is 32.3 Å². The minimum absolute atomic E-state index is 0.0902. The number of hydrogen-bond acceptors (Lipinski definition) is 3. The maximum Gasteiger partial charge on any atom is 0.325 e. The third kappa shape index (κ3) is 3.09. The monoisotopic (exact) mass is 483 g/mol. The number of carbonyl (C=O) groups is 1. The molecule has 5 nitrogen and oxygen atoms in total. The second-order valence-electron chi connectivity index (χ2n) is 7.85. The van der Waals surface area contributed by atoms with Crippen LogP contribution in [-0.4, -0.2) is 25.0 Å². The van der Waals surface area contributed by atoms with Crippen molar-refractivity contribution in [3.05, 3.63) is 87.9 Å². The van der Waals surface area contributed by atoms with E-state index in [-0.39, 0.29) is 17.2 Å². The number of fused-ring (bicyclic) bond motifs is 3. The van der Waals surface area contributed by atoms with Gasteiger partial charge in [-0.15, -0.1) is 0 Å². The molecule has 2 N–H and O–H groups in total. The lowest BCUT2D eigenvalue weighted by Gasteiger charge is -2.16. The van der Waals surface area contributed by atoms with Gasteiger partial charge in [-0.05, 0) is 64.9 Å². The van der Waals surface area contributed by atoms with Crippen LogP contribution >= 0.6 is 15.9 Å². The third-order valence-corrected chi connectivity index (χ3v) is 7.99. The highest BCUT2D eigenvalue weighted by Crippen LogP contribution is 2.52. The molecule has 2 unspecified atom stereocenters. The summed E-state index contributed by atoms with van der Waals surface area (Å²) < 4.78 is 29.7. The summed E-state index contributed by atoms with van der Waals surface area (Å²) in [5.41, 5.74) is 3.47. The Morgan fingerprint density at radius 2 is 1.67 bits per heavy atom. The molecule has 7 heteroatoms. The second-order valence-corrected chi connectivity index (χ2v) is 10.4.